The minimum Gasteiger partial charge on any atom is -0.396 e. The zero-order chi connectivity index (χ0) is 12.1. The molecule has 1 fully saturated rings. The maximum atomic E-state index is 9.11. The van der Waals surface area contributed by atoms with E-state index in [1.807, 2.05) is 12.1 Å². The zero-order valence-corrected chi connectivity index (χ0v) is 10.4. The van der Waals surface area contributed by atoms with E-state index in [-0.39, 0.29) is 0 Å². The highest BCUT2D eigenvalue weighted by molar-refractivity contribution is 5.34. The fraction of sp³-hybridized carbons (Fsp3) is 0.615. The van der Waals surface area contributed by atoms with Gasteiger partial charge in [0.2, 0.25) is 0 Å². The van der Waals surface area contributed by atoms with Crippen LogP contribution in [0.4, 0.5) is 5.82 Å². The molecule has 4 heteroatoms. The van der Waals surface area contributed by atoms with Crippen molar-refractivity contribution >= 4 is 5.82 Å². The summed E-state index contributed by atoms with van der Waals surface area (Å²) in [5, 5.41) is 12.3. The molecule has 94 valence electrons. The van der Waals surface area contributed by atoms with Crippen molar-refractivity contribution in [1.29, 1.82) is 0 Å². The van der Waals surface area contributed by atoms with Gasteiger partial charge in [0.05, 0.1) is 5.69 Å². The molecule has 1 saturated heterocycles. The second kappa shape index (κ2) is 5.98. The van der Waals surface area contributed by atoms with E-state index in [4.69, 9.17) is 5.11 Å². The van der Waals surface area contributed by atoms with Crippen LogP contribution in [0.1, 0.15) is 19.0 Å². The molecule has 1 aromatic rings. The van der Waals surface area contributed by atoms with Crippen molar-refractivity contribution in [3.05, 3.63) is 23.9 Å². The number of anilines is 1. The molecule has 2 rings (SSSR count). The lowest BCUT2D eigenvalue weighted by atomic mass is 10.1. The first-order valence-corrected chi connectivity index (χ1v) is 6.35. The summed E-state index contributed by atoms with van der Waals surface area (Å²) >= 11 is 0. The number of hydrogen-bond acceptors (Lipinski definition) is 4. The molecule has 2 N–H and O–H groups in total. The Balaban J connectivity index is 1.92. The SMILES string of the molecule is CCNc1cccc(CN2CCC(CO)C2)n1. The molecule has 4 nitrogen and oxygen atoms in total. The van der Waals surface area contributed by atoms with E-state index >= 15 is 0 Å². The van der Waals surface area contributed by atoms with Crippen LogP contribution < -0.4 is 5.32 Å². The van der Waals surface area contributed by atoms with Crippen LogP contribution in [0, 0.1) is 5.92 Å². The average Bonchev–Trinajstić information content (AvgIpc) is 2.78. The third kappa shape index (κ3) is 3.41. The Morgan fingerprint density at radius 3 is 3.12 bits per heavy atom. The van der Waals surface area contributed by atoms with Crippen molar-refractivity contribution in [1.82, 2.24) is 9.88 Å². The first kappa shape index (κ1) is 12.3. The lowest BCUT2D eigenvalue weighted by Crippen LogP contribution is -2.21. The number of aliphatic hydroxyl groups excluding tert-OH is 1. The molecule has 0 saturated carbocycles. The molecule has 0 radical (unpaired) electrons. The predicted octanol–water partition coefficient (Wildman–Crippen LogP) is 1.33. The van der Waals surface area contributed by atoms with E-state index in [2.05, 4.69) is 28.2 Å². The van der Waals surface area contributed by atoms with Gasteiger partial charge in [-0.1, -0.05) is 6.07 Å². The minimum absolute atomic E-state index is 0.307. The van der Waals surface area contributed by atoms with Crippen molar-refractivity contribution in [2.45, 2.75) is 19.9 Å². The number of hydrogen-bond donors (Lipinski definition) is 2. The predicted molar refractivity (Wildman–Crippen MR) is 68.9 cm³/mol. The summed E-state index contributed by atoms with van der Waals surface area (Å²) < 4.78 is 0. The molecule has 0 aliphatic carbocycles. The molecular formula is C13H21N3O. The fourth-order valence-corrected chi connectivity index (χ4v) is 2.28. The van der Waals surface area contributed by atoms with Crippen molar-refractivity contribution < 1.29 is 5.11 Å². The van der Waals surface area contributed by atoms with Crippen molar-refractivity contribution in [3.63, 3.8) is 0 Å². The Morgan fingerprint density at radius 1 is 1.53 bits per heavy atom. The van der Waals surface area contributed by atoms with Crippen LogP contribution in [0.25, 0.3) is 0 Å². The molecule has 1 aromatic heterocycles. The second-order valence-electron chi connectivity index (χ2n) is 4.62. The van der Waals surface area contributed by atoms with Crippen LogP contribution in [-0.2, 0) is 6.54 Å². The van der Waals surface area contributed by atoms with E-state index in [0.717, 1.165) is 44.1 Å². The van der Waals surface area contributed by atoms with Crippen molar-refractivity contribution in [2.24, 2.45) is 5.92 Å². The Hall–Kier alpha value is -1.13. The molecular weight excluding hydrogens is 214 g/mol. The van der Waals surface area contributed by atoms with E-state index in [9.17, 15) is 0 Å². The normalized spacial score (nSPS) is 20.7. The van der Waals surface area contributed by atoms with Gasteiger partial charge >= 0.3 is 0 Å². The summed E-state index contributed by atoms with van der Waals surface area (Å²) in [6.45, 7) is 6.21. The molecule has 1 unspecified atom stereocenters. The van der Waals surface area contributed by atoms with E-state index in [1.165, 1.54) is 0 Å². The van der Waals surface area contributed by atoms with Crippen LogP contribution >= 0.6 is 0 Å². The number of pyridine rings is 1. The summed E-state index contributed by atoms with van der Waals surface area (Å²) in [6.07, 6.45) is 1.10. The Labute approximate surface area is 103 Å². The first-order valence-electron chi connectivity index (χ1n) is 6.35. The maximum absolute atomic E-state index is 9.11. The summed E-state index contributed by atoms with van der Waals surface area (Å²) in [6, 6.07) is 6.10. The van der Waals surface area contributed by atoms with Crippen LogP contribution in [0.15, 0.2) is 18.2 Å². The standard InChI is InChI=1S/C13H21N3O/c1-2-14-13-5-3-4-12(15-13)9-16-7-6-11(8-16)10-17/h3-5,11,17H,2,6-10H2,1H3,(H,14,15). The molecule has 1 aliphatic heterocycles. The number of aliphatic hydroxyl groups is 1. The lowest BCUT2D eigenvalue weighted by Gasteiger charge is -2.15. The molecule has 0 amide bonds. The topological polar surface area (TPSA) is 48.4 Å². The van der Waals surface area contributed by atoms with Gasteiger partial charge < -0.3 is 10.4 Å². The summed E-state index contributed by atoms with van der Waals surface area (Å²) in [5.41, 5.74) is 1.10. The molecule has 0 bridgehead atoms. The molecule has 1 aliphatic rings. The highest BCUT2D eigenvalue weighted by Crippen LogP contribution is 2.17. The smallest absolute Gasteiger partial charge is 0.126 e. The molecule has 17 heavy (non-hydrogen) atoms. The first-order chi connectivity index (χ1) is 8.31. The van der Waals surface area contributed by atoms with Crippen molar-refractivity contribution in [2.75, 3.05) is 31.6 Å². The third-order valence-electron chi connectivity index (χ3n) is 3.18. The molecule has 0 aromatic carbocycles. The van der Waals surface area contributed by atoms with Crippen LogP contribution in [0.5, 0.6) is 0 Å². The van der Waals surface area contributed by atoms with Gasteiger partial charge in [0.25, 0.3) is 0 Å². The number of rotatable bonds is 5. The van der Waals surface area contributed by atoms with Gasteiger partial charge in [-0.05, 0) is 37.9 Å². The minimum atomic E-state index is 0.307. The van der Waals surface area contributed by atoms with E-state index < -0.39 is 0 Å². The number of nitrogens with zero attached hydrogens (tertiary/aromatic N) is 2. The largest absolute Gasteiger partial charge is 0.396 e. The summed E-state index contributed by atoms with van der Waals surface area (Å²) in [7, 11) is 0. The van der Waals surface area contributed by atoms with Gasteiger partial charge in [-0.3, -0.25) is 4.90 Å². The highest BCUT2D eigenvalue weighted by Gasteiger charge is 2.21. The summed E-state index contributed by atoms with van der Waals surface area (Å²) in [5.74, 6) is 1.40. The van der Waals surface area contributed by atoms with E-state index in [1.54, 1.807) is 0 Å². The highest BCUT2D eigenvalue weighted by atomic mass is 16.3. The number of nitrogens with one attached hydrogen (secondary N) is 1. The Bertz CT molecular complexity index is 356. The number of likely N-dealkylation sites (tertiary alicyclic amines) is 1. The monoisotopic (exact) mass is 235 g/mol. The van der Waals surface area contributed by atoms with Crippen LogP contribution in [0.2, 0.25) is 0 Å². The third-order valence-corrected chi connectivity index (χ3v) is 3.18. The zero-order valence-electron chi connectivity index (χ0n) is 10.4. The van der Waals surface area contributed by atoms with Crippen LogP contribution in [-0.4, -0.2) is 41.2 Å². The quantitative estimate of drug-likeness (QED) is 0.808. The van der Waals surface area contributed by atoms with Gasteiger partial charge in [-0.2, -0.15) is 0 Å². The van der Waals surface area contributed by atoms with Crippen molar-refractivity contribution in [3.8, 4) is 0 Å². The van der Waals surface area contributed by atoms with Gasteiger partial charge in [-0.15, -0.1) is 0 Å². The Morgan fingerprint density at radius 2 is 2.41 bits per heavy atom. The second-order valence-corrected chi connectivity index (χ2v) is 4.62. The molecule has 1 atom stereocenters. The maximum Gasteiger partial charge on any atom is 0.126 e. The van der Waals surface area contributed by atoms with Gasteiger partial charge in [0.15, 0.2) is 0 Å². The lowest BCUT2D eigenvalue weighted by molar-refractivity contribution is 0.219. The average molecular weight is 235 g/mol. The van der Waals surface area contributed by atoms with Gasteiger partial charge in [0.1, 0.15) is 5.82 Å². The Kier molecular flexibility index (Phi) is 4.34. The van der Waals surface area contributed by atoms with Gasteiger partial charge in [0, 0.05) is 26.2 Å². The van der Waals surface area contributed by atoms with Gasteiger partial charge in [-0.25, -0.2) is 4.98 Å². The molecule has 2 heterocycles. The van der Waals surface area contributed by atoms with E-state index in [0.29, 0.717) is 12.5 Å². The van der Waals surface area contributed by atoms with Crippen LogP contribution in [0.3, 0.4) is 0 Å². The molecule has 0 spiro atoms. The summed E-state index contributed by atoms with van der Waals surface area (Å²) in [4.78, 5) is 6.92. The number of aromatic nitrogens is 1. The fourth-order valence-electron chi connectivity index (χ4n) is 2.28.